The Balaban J connectivity index is 1.50. The number of carbonyl (C=O) groups excluding carboxylic acids is 2. The molecule has 40 heavy (non-hydrogen) atoms. The molecular weight excluding hydrogens is 512 g/mol. The molecule has 1 unspecified atom stereocenters. The molecule has 2 amide bonds. The Morgan fingerprint density at radius 2 is 1.60 bits per heavy atom. The highest BCUT2D eigenvalue weighted by Crippen LogP contribution is 2.41. The maximum absolute atomic E-state index is 14.7. The molecule has 1 saturated carbocycles. The number of likely N-dealkylation sites (tertiary alicyclic amines) is 1. The lowest BCUT2D eigenvalue weighted by molar-refractivity contribution is -0.124. The molecule has 3 atom stereocenters. The Hall–Kier alpha value is -3.94. The van der Waals surface area contributed by atoms with Crippen molar-refractivity contribution in [2.45, 2.75) is 58.0 Å². The smallest absolute Gasteiger partial charge is 0.260 e. The largest absolute Gasteiger partial charge is 0.508 e. The molecule has 3 N–H and O–H groups in total. The molecule has 2 aliphatic rings. The summed E-state index contributed by atoms with van der Waals surface area (Å²) in [6.45, 7) is 3.91. The molecule has 210 valence electrons. The first-order chi connectivity index (χ1) is 19.2. The molecule has 1 heterocycles. The zero-order chi connectivity index (χ0) is 28.4. The molecule has 1 saturated heterocycles. The number of nitrogens with one attached hydrogen (secondary N) is 2. The minimum Gasteiger partial charge on any atom is -0.508 e. The van der Waals surface area contributed by atoms with Crippen LogP contribution in [0.3, 0.4) is 0 Å². The maximum atomic E-state index is 14.7. The number of nitrogens with zero attached hydrogens (tertiary/aromatic N) is 1. The quantitative estimate of drug-likeness (QED) is 0.296. The first-order valence-electron chi connectivity index (χ1n) is 13.9. The number of aromatic hydroxyl groups is 1. The minimum atomic E-state index is -0.932. The maximum Gasteiger partial charge on any atom is 0.260 e. The predicted octanol–water partition coefficient (Wildman–Crippen LogP) is 6.81. The molecule has 0 aromatic heterocycles. The van der Waals surface area contributed by atoms with E-state index in [0.717, 1.165) is 36.2 Å². The molecule has 1 aliphatic heterocycles. The Bertz CT molecular complexity index is 1370. The van der Waals surface area contributed by atoms with Gasteiger partial charge in [-0.15, -0.1) is 0 Å². The van der Waals surface area contributed by atoms with Crippen LogP contribution in [0.1, 0.15) is 66.6 Å². The molecule has 0 spiro atoms. The summed E-state index contributed by atoms with van der Waals surface area (Å²) >= 11 is 0. The first-order valence-corrected chi connectivity index (χ1v) is 13.9. The second kappa shape index (κ2) is 11.7. The monoisotopic (exact) mass is 547 g/mol. The average molecular weight is 548 g/mol. The number of anilines is 2. The van der Waals surface area contributed by atoms with Crippen LogP contribution >= 0.6 is 0 Å². The number of phenols is 1. The zero-order valence-corrected chi connectivity index (χ0v) is 22.8. The molecule has 5 rings (SSSR count). The predicted molar refractivity (Wildman–Crippen MR) is 151 cm³/mol. The van der Waals surface area contributed by atoms with Crippen molar-refractivity contribution in [3.8, 4) is 5.75 Å². The van der Waals surface area contributed by atoms with Crippen molar-refractivity contribution in [1.82, 2.24) is 4.90 Å². The third-order valence-corrected chi connectivity index (χ3v) is 8.10. The topological polar surface area (TPSA) is 81.7 Å². The molecule has 8 heteroatoms. The third-order valence-electron chi connectivity index (χ3n) is 8.10. The van der Waals surface area contributed by atoms with E-state index < -0.39 is 35.1 Å². The van der Waals surface area contributed by atoms with E-state index >= 15 is 0 Å². The molecule has 0 radical (unpaired) electrons. The fourth-order valence-electron chi connectivity index (χ4n) is 6.07. The van der Waals surface area contributed by atoms with Crippen LogP contribution in [0, 0.1) is 30.4 Å². The summed E-state index contributed by atoms with van der Waals surface area (Å²) in [7, 11) is 0. The van der Waals surface area contributed by atoms with Crippen LogP contribution in [0.15, 0.2) is 60.7 Å². The summed E-state index contributed by atoms with van der Waals surface area (Å²) in [6.07, 6.45) is 5.14. The Kier molecular flexibility index (Phi) is 8.05. The van der Waals surface area contributed by atoms with Crippen LogP contribution in [-0.2, 0) is 4.79 Å². The highest BCUT2D eigenvalue weighted by atomic mass is 19.1. The standard InChI is InChI=1S/C32H35F2N3O3/c1-19-16-25(31(39)36-24-14-15-28(38)20(2)17-24)30(21-10-12-23(13-11-21)35-22-6-3-4-7-22)37(18-19)32(40)29-26(33)8-5-9-27(29)34/h5,8-15,17,19,22,25,30,35,38H,3-4,6-7,16,18H2,1-2H3,(H,36,39)/t19-,25+,30?/m1/s1. The highest BCUT2D eigenvalue weighted by Gasteiger charge is 2.43. The Morgan fingerprint density at radius 3 is 2.25 bits per heavy atom. The number of carbonyl (C=O) groups is 2. The van der Waals surface area contributed by atoms with Gasteiger partial charge in [0.15, 0.2) is 0 Å². The lowest BCUT2D eigenvalue weighted by Crippen LogP contribution is -2.49. The number of phenolic OH excluding ortho intramolecular Hbond substituents is 1. The van der Waals surface area contributed by atoms with E-state index in [2.05, 4.69) is 10.6 Å². The van der Waals surface area contributed by atoms with Crippen molar-refractivity contribution in [3.63, 3.8) is 0 Å². The number of hydrogen-bond acceptors (Lipinski definition) is 4. The van der Waals surface area contributed by atoms with Crippen molar-refractivity contribution in [3.05, 3.63) is 89.0 Å². The number of halogens is 2. The van der Waals surface area contributed by atoms with Crippen molar-refractivity contribution < 1.29 is 23.5 Å². The van der Waals surface area contributed by atoms with Gasteiger partial charge in [0.25, 0.3) is 5.91 Å². The number of aryl methyl sites for hydroxylation is 1. The lowest BCUT2D eigenvalue weighted by atomic mass is 9.79. The van der Waals surface area contributed by atoms with Gasteiger partial charge in [-0.3, -0.25) is 9.59 Å². The van der Waals surface area contributed by atoms with E-state index in [0.29, 0.717) is 23.7 Å². The van der Waals surface area contributed by atoms with Gasteiger partial charge in [-0.25, -0.2) is 8.78 Å². The van der Waals surface area contributed by atoms with Crippen LogP contribution in [0.2, 0.25) is 0 Å². The van der Waals surface area contributed by atoms with Crippen LogP contribution < -0.4 is 10.6 Å². The van der Waals surface area contributed by atoms with Gasteiger partial charge in [0, 0.05) is 24.0 Å². The van der Waals surface area contributed by atoms with Gasteiger partial charge in [0.05, 0.1) is 12.0 Å². The first kappa shape index (κ1) is 27.6. The van der Waals surface area contributed by atoms with Gasteiger partial charge in [-0.1, -0.05) is 38.0 Å². The van der Waals surface area contributed by atoms with Crippen LogP contribution in [0.4, 0.5) is 20.2 Å². The SMILES string of the molecule is Cc1cc(NC(=O)[C@H]2C[C@@H](C)CN(C(=O)c3c(F)cccc3F)C2c2ccc(NC3CCCC3)cc2)ccc1O. The number of piperidine rings is 1. The van der Waals surface area contributed by atoms with Crippen LogP contribution in [-0.4, -0.2) is 34.4 Å². The molecule has 0 bridgehead atoms. The molecule has 2 fully saturated rings. The highest BCUT2D eigenvalue weighted by molar-refractivity contribution is 5.97. The molecule has 3 aromatic carbocycles. The van der Waals surface area contributed by atoms with Crippen LogP contribution in [0.5, 0.6) is 5.75 Å². The van der Waals surface area contributed by atoms with E-state index in [1.807, 2.05) is 31.2 Å². The number of benzene rings is 3. The summed E-state index contributed by atoms with van der Waals surface area (Å²) in [5.41, 5.74) is 2.19. The zero-order valence-electron chi connectivity index (χ0n) is 22.8. The van der Waals surface area contributed by atoms with Crippen LogP contribution in [0.25, 0.3) is 0 Å². The fourth-order valence-corrected chi connectivity index (χ4v) is 6.07. The van der Waals surface area contributed by atoms with Crippen molar-refractivity contribution in [2.75, 3.05) is 17.2 Å². The Labute approximate surface area is 233 Å². The van der Waals surface area contributed by atoms with Gasteiger partial charge in [0.1, 0.15) is 22.9 Å². The minimum absolute atomic E-state index is 0.0874. The number of rotatable bonds is 6. The summed E-state index contributed by atoms with van der Waals surface area (Å²) in [4.78, 5) is 29.0. The van der Waals surface area contributed by atoms with Crippen molar-refractivity contribution >= 4 is 23.2 Å². The normalized spacial score (nSPS) is 21.3. The molecule has 6 nitrogen and oxygen atoms in total. The third kappa shape index (κ3) is 5.81. The summed E-state index contributed by atoms with van der Waals surface area (Å²) < 4.78 is 29.5. The Morgan fingerprint density at radius 1 is 0.950 bits per heavy atom. The molecule has 3 aromatic rings. The van der Waals surface area contributed by atoms with E-state index in [4.69, 9.17) is 0 Å². The summed E-state index contributed by atoms with van der Waals surface area (Å²) in [6, 6.07) is 15.5. The number of amides is 2. The van der Waals surface area contributed by atoms with E-state index in [9.17, 15) is 23.5 Å². The van der Waals surface area contributed by atoms with Crippen molar-refractivity contribution in [1.29, 1.82) is 0 Å². The van der Waals surface area contributed by atoms with Gasteiger partial charge < -0.3 is 20.6 Å². The fraction of sp³-hybridized carbons (Fsp3) is 0.375. The summed E-state index contributed by atoms with van der Waals surface area (Å²) in [5.74, 6) is -3.59. The average Bonchev–Trinajstić information content (AvgIpc) is 3.44. The van der Waals surface area contributed by atoms with Gasteiger partial charge in [-0.2, -0.15) is 0 Å². The summed E-state index contributed by atoms with van der Waals surface area (Å²) in [5, 5.41) is 16.4. The van der Waals surface area contributed by atoms with Crippen molar-refractivity contribution in [2.24, 2.45) is 11.8 Å². The lowest BCUT2D eigenvalue weighted by Gasteiger charge is -2.43. The number of hydrogen-bond donors (Lipinski definition) is 3. The van der Waals surface area contributed by atoms with E-state index in [1.165, 1.54) is 29.9 Å². The molecule has 1 aliphatic carbocycles. The van der Waals surface area contributed by atoms with E-state index in [-0.39, 0.29) is 24.1 Å². The van der Waals surface area contributed by atoms with E-state index in [1.54, 1.807) is 19.1 Å². The second-order valence-corrected chi connectivity index (χ2v) is 11.2. The molecular formula is C32H35F2N3O3. The second-order valence-electron chi connectivity index (χ2n) is 11.2. The van der Waals surface area contributed by atoms with Gasteiger partial charge >= 0.3 is 0 Å². The van der Waals surface area contributed by atoms with Gasteiger partial charge in [-0.05, 0) is 85.7 Å². The van der Waals surface area contributed by atoms with Gasteiger partial charge in [0.2, 0.25) is 5.91 Å².